The molecule has 2 N–H and O–H groups in total. The Hall–Kier alpha value is -3.35. The predicted octanol–water partition coefficient (Wildman–Crippen LogP) is 4.39. The smallest absolute Gasteiger partial charge is 0.412 e. The van der Waals surface area contributed by atoms with E-state index in [0.717, 1.165) is 5.56 Å². The number of carbonyl (C=O) groups excluding carboxylic acids is 3. The lowest BCUT2D eigenvalue weighted by Gasteiger charge is -2.19. The van der Waals surface area contributed by atoms with Crippen molar-refractivity contribution in [3.05, 3.63) is 59.7 Å². The van der Waals surface area contributed by atoms with E-state index in [9.17, 15) is 14.4 Å². The molecule has 0 spiro atoms. The molecule has 154 valence electrons. The highest BCUT2D eigenvalue weighted by atomic mass is 16.6. The summed E-state index contributed by atoms with van der Waals surface area (Å²) in [5.41, 5.74) is 1.45. The first-order valence-corrected chi connectivity index (χ1v) is 9.33. The SMILES string of the molecule is CCOC(=O)c1ccccc1NC(=O)Cc1ccc(NC(=O)OC(C)(C)C)cc1. The summed E-state index contributed by atoms with van der Waals surface area (Å²) < 4.78 is 10.2. The molecule has 0 aliphatic rings. The van der Waals surface area contributed by atoms with Gasteiger partial charge in [-0.3, -0.25) is 10.1 Å². The van der Waals surface area contributed by atoms with Crippen molar-refractivity contribution in [2.24, 2.45) is 0 Å². The first-order valence-electron chi connectivity index (χ1n) is 9.33. The summed E-state index contributed by atoms with van der Waals surface area (Å²) in [4.78, 5) is 36.2. The summed E-state index contributed by atoms with van der Waals surface area (Å²) in [6.07, 6.45) is -0.428. The van der Waals surface area contributed by atoms with Crippen molar-refractivity contribution in [1.82, 2.24) is 0 Å². The van der Waals surface area contributed by atoms with Crippen LogP contribution in [0.5, 0.6) is 0 Å². The fraction of sp³-hybridized carbons (Fsp3) is 0.318. The molecule has 7 heteroatoms. The van der Waals surface area contributed by atoms with E-state index in [1.807, 2.05) is 0 Å². The van der Waals surface area contributed by atoms with Gasteiger partial charge in [0.05, 0.1) is 24.3 Å². The summed E-state index contributed by atoms with van der Waals surface area (Å²) >= 11 is 0. The van der Waals surface area contributed by atoms with E-state index < -0.39 is 17.7 Å². The molecule has 0 aliphatic carbocycles. The molecule has 7 nitrogen and oxygen atoms in total. The van der Waals surface area contributed by atoms with Crippen molar-refractivity contribution in [3.8, 4) is 0 Å². The maximum atomic E-state index is 12.4. The molecule has 0 saturated heterocycles. The highest BCUT2D eigenvalue weighted by Crippen LogP contribution is 2.18. The Morgan fingerprint density at radius 2 is 1.59 bits per heavy atom. The second-order valence-electron chi connectivity index (χ2n) is 7.31. The highest BCUT2D eigenvalue weighted by Gasteiger charge is 2.16. The van der Waals surface area contributed by atoms with Gasteiger partial charge in [-0.2, -0.15) is 0 Å². The molecule has 0 radical (unpaired) electrons. The van der Waals surface area contributed by atoms with Crippen molar-refractivity contribution in [2.45, 2.75) is 39.7 Å². The van der Waals surface area contributed by atoms with Gasteiger partial charge in [0.2, 0.25) is 5.91 Å². The Morgan fingerprint density at radius 1 is 0.931 bits per heavy atom. The van der Waals surface area contributed by atoms with E-state index in [-0.39, 0.29) is 18.9 Å². The van der Waals surface area contributed by atoms with E-state index in [1.54, 1.807) is 76.2 Å². The molecular formula is C22H26N2O5. The maximum absolute atomic E-state index is 12.4. The van der Waals surface area contributed by atoms with Gasteiger partial charge in [-0.1, -0.05) is 24.3 Å². The average molecular weight is 398 g/mol. The van der Waals surface area contributed by atoms with E-state index >= 15 is 0 Å². The van der Waals surface area contributed by atoms with Gasteiger partial charge in [-0.05, 0) is 57.5 Å². The van der Waals surface area contributed by atoms with Gasteiger partial charge in [0, 0.05) is 5.69 Å². The molecule has 0 fully saturated rings. The Bertz CT molecular complexity index is 870. The number of ether oxygens (including phenoxy) is 2. The molecule has 0 heterocycles. The summed E-state index contributed by atoms with van der Waals surface area (Å²) in [6.45, 7) is 7.34. The van der Waals surface area contributed by atoms with Crippen LogP contribution in [0, 0.1) is 0 Å². The van der Waals surface area contributed by atoms with Crippen molar-refractivity contribution in [3.63, 3.8) is 0 Å². The van der Waals surface area contributed by atoms with Crippen LogP contribution in [0.25, 0.3) is 0 Å². The quantitative estimate of drug-likeness (QED) is 0.704. The van der Waals surface area contributed by atoms with Crippen LogP contribution in [0.4, 0.5) is 16.2 Å². The van der Waals surface area contributed by atoms with Gasteiger partial charge in [0.15, 0.2) is 0 Å². The van der Waals surface area contributed by atoms with Gasteiger partial charge in [0.25, 0.3) is 0 Å². The minimum atomic E-state index is -0.581. The first kappa shape index (κ1) is 21.9. The lowest BCUT2D eigenvalue weighted by Crippen LogP contribution is -2.27. The van der Waals surface area contributed by atoms with Crippen molar-refractivity contribution >= 4 is 29.3 Å². The third kappa shape index (κ3) is 7.29. The molecule has 2 amide bonds. The third-order valence-electron chi connectivity index (χ3n) is 3.66. The van der Waals surface area contributed by atoms with Crippen LogP contribution in [0.2, 0.25) is 0 Å². The molecule has 0 unspecified atom stereocenters. The minimum Gasteiger partial charge on any atom is -0.462 e. The second kappa shape index (κ2) is 9.73. The predicted molar refractivity (Wildman–Crippen MR) is 111 cm³/mol. The number of rotatable bonds is 6. The topological polar surface area (TPSA) is 93.7 Å². The van der Waals surface area contributed by atoms with Gasteiger partial charge in [-0.25, -0.2) is 9.59 Å². The molecule has 0 atom stereocenters. The molecule has 2 aromatic carbocycles. The lowest BCUT2D eigenvalue weighted by molar-refractivity contribution is -0.115. The number of nitrogens with one attached hydrogen (secondary N) is 2. The van der Waals surface area contributed by atoms with Crippen LogP contribution in [-0.2, 0) is 20.7 Å². The minimum absolute atomic E-state index is 0.115. The second-order valence-corrected chi connectivity index (χ2v) is 7.31. The molecule has 0 bridgehead atoms. The number of anilines is 2. The molecule has 2 aromatic rings. The summed E-state index contributed by atoms with van der Waals surface area (Å²) in [5.74, 6) is -0.754. The van der Waals surface area contributed by atoms with Gasteiger partial charge >= 0.3 is 12.1 Å². The Kier molecular flexibility index (Phi) is 7.36. The molecular weight excluding hydrogens is 372 g/mol. The molecule has 0 saturated carbocycles. The zero-order valence-corrected chi connectivity index (χ0v) is 17.1. The largest absolute Gasteiger partial charge is 0.462 e. The number of benzene rings is 2. The molecule has 29 heavy (non-hydrogen) atoms. The summed E-state index contributed by atoms with van der Waals surface area (Å²) in [7, 11) is 0. The highest BCUT2D eigenvalue weighted by molar-refractivity contribution is 6.01. The van der Waals surface area contributed by atoms with Crippen LogP contribution in [0.3, 0.4) is 0 Å². The van der Waals surface area contributed by atoms with Crippen LogP contribution in [0.1, 0.15) is 43.6 Å². The molecule has 2 rings (SSSR count). The van der Waals surface area contributed by atoms with Crippen molar-refractivity contribution in [2.75, 3.05) is 17.2 Å². The first-order chi connectivity index (χ1) is 13.7. The third-order valence-corrected chi connectivity index (χ3v) is 3.66. The number of amides is 2. The zero-order valence-electron chi connectivity index (χ0n) is 17.1. The van der Waals surface area contributed by atoms with E-state index in [0.29, 0.717) is 16.9 Å². The van der Waals surface area contributed by atoms with Crippen LogP contribution >= 0.6 is 0 Å². The fourth-order valence-electron chi connectivity index (χ4n) is 2.49. The number of carbonyl (C=O) groups is 3. The molecule has 0 aliphatic heterocycles. The maximum Gasteiger partial charge on any atom is 0.412 e. The Labute approximate surface area is 170 Å². The van der Waals surface area contributed by atoms with Crippen molar-refractivity contribution < 1.29 is 23.9 Å². The number of para-hydroxylation sites is 1. The van der Waals surface area contributed by atoms with Gasteiger partial charge in [0.1, 0.15) is 5.60 Å². The summed E-state index contributed by atoms with van der Waals surface area (Å²) in [6, 6.07) is 13.6. The normalized spacial score (nSPS) is 10.8. The zero-order chi connectivity index (χ0) is 21.4. The van der Waals surface area contributed by atoms with Crippen molar-refractivity contribution in [1.29, 1.82) is 0 Å². The Balaban J connectivity index is 1.97. The summed E-state index contributed by atoms with van der Waals surface area (Å²) in [5, 5.41) is 5.38. The van der Waals surface area contributed by atoms with Gasteiger partial charge < -0.3 is 14.8 Å². The van der Waals surface area contributed by atoms with Crippen LogP contribution in [0.15, 0.2) is 48.5 Å². The lowest BCUT2D eigenvalue weighted by atomic mass is 10.1. The van der Waals surface area contributed by atoms with Crippen LogP contribution in [-0.4, -0.2) is 30.2 Å². The number of hydrogen-bond donors (Lipinski definition) is 2. The number of esters is 1. The number of hydrogen-bond acceptors (Lipinski definition) is 5. The fourth-order valence-corrected chi connectivity index (χ4v) is 2.49. The average Bonchev–Trinajstić information content (AvgIpc) is 2.62. The monoisotopic (exact) mass is 398 g/mol. The van der Waals surface area contributed by atoms with E-state index in [2.05, 4.69) is 10.6 Å². The molecule has 0 aromatic heterocycles. The standard InChI is InChI=1S/C22H26N2O5/c1-5-28-20(26)17-8-6-7-9-18(17)24-19(25)14-15-10-12-16(13-11-15)23-21(27)29-22(2,3)4/h6-13H,5,14H2,1-4H3,(H,23,27)(H,24,25). The van der Waals surface area contributed by atoms with Gasteiger partial charge in [-0.15, -0.1) is 0 Å². The Morgan fingerprint density at radius 3 is 2.21 bits per heavy atom. The van der Waals surface area contributed by atoms with Crippen LogP contribution < -0.4 is 10.6 Å². The van der Waals surface area contributed by atoms with E-state index in [4.69, 9.17) is 9.47 Å². The van der Waals surface area contributed by atoms with E-state index in [1.165, 1.54) is 0 Å².